The largest absolute Gasteiger partial charge is 0.493 e. The van der Waals surface area contributed by atoms with Crippen molar-refractivity contribution in [2.24, 2.45) is 0 Å². The monoisotopic (exact) mass is 234 g/mol. The maximum atomic E-state index is 11.9. The van der Waals surface area contributed by atoms with Crippen LogP contribution in [0.25, 0.3) is 6.08 Å². The van der Waals surface area contributed by atoms with Crippen molar-refractivity contribution in [3.63, 3.8) is 0 Å². The average molecular weight is 234 g/mol. The van der Waals surface area contributed by atoms with E-state index in [0.717, 1.165) is 16.2 Å². The summed E-state index contributed by atoms with van der Waals surface area (Å²) in [6, 6.07) is 7.73. The molecule has 0 radical (unpaired) electrons. The Labute approximate surface area is 98.1 Å². The third-order valence-corrected chi connectivity index (χ3v) is 3.76. The minimum atomic E-state index is -0.968. The Morgan fingerprint density at radius 3 is 3.06 bits per heavy atom. The molecule has 2 nitrogen and oxygen atoms in total. The number of hydrogen-bond acceptors (Lipinski definition) is 2. The van der Waals surface area contributed by atoms with E-state index in [1.54, 1.807) is 0 Å². The fourth-order valence-electron chi connectivity index (χ4n) is 1.56. The fourth-order valence-corrected chi connectivity index (χ4v) is 2.76. The molecular weight excluding hydrogens is 220 g/mol. The highest BCUT2D eigenvalue weighted by Crippen LogP contribution is 2.24. The third kappa shape index (κ3) is 2.42. The molecule has 2 rings (SSSR count). The summed E-state index contributed by atoms with van der Waals surface area (Å²) in [5.74, 6) is 1.28. The van der Waals surface area contributed by atoms with Crippen molar-refractivity contribution in [1.29, 1.82) is 0 Å². The van der Waals surface area contributed by atoms with Crippen LogP contribution >= 0.6 is 0 Å². The molecule has 1 unspecified atom stereocenters. The summed E-state index contributed by atoms with van der Waals surface area (Å²) in [6.45, 7) is 2.49. The van der Waals surface area contributed by atoms with Crippen molar-refractivity contribution in [2.75, 3.05) is 12.4 Å². The number of fused-ring (bicyclic) bond motifs is 1. The Balaban J connectivity index is 2.19. The SMILES string of the molecule is C/C=C/COC1=Cc2ccccc2S(=O)C1. The molecule has 0 spiro atoms. The van der Waals surface area contributed by atoms with Gasteiger partial charge >= 0.3 is 0 Å². The first-order chi connectivity index (χ1) is 7.81. The van der Waals surface area contributed by atoms with Gasteiger partial charge < -0.3 is 4.74 Å². The molecule has 1 aromatic carbocycles. The number of allylic oxidation sites excluding steroid dienone is 1. The lowest BCUT2D eigenvalue weighted by atomic mass is 10.2. The zero-order chi connectivity index (χ0) is 11.4. The maximum Gasteiger partial charge on any atom is 0.110 e. The number of benzene rings is 1. The average Bonchev–Trinajstić information content (AvgIpc) is 2.30. The summed E-state index contributed by atoms with van der Waals surface area (Å²) in [5.41, 5.74) is 1.00. The van der Waals surface area contributed by atoms with E-state index < -0.39 is 10.8 Å². The highest BCUT2D eigenvalue weighted by atomic mass is 32.2. The summed E-state index contributed by atoms with van der Waals surface area (Å²) in [5, 5.41) is 0. The minimum absolute atomic E-state index is 0.481. The van der Waals surface area contributed by atoms with E-state index in [-0.39, 0.29) is 0 Å². The predicted octanol–water partition coefficient (Wildman–Crippen LogP) is 2.74. The van der Waals surface area contributed by atoms with Crippen LogP contribution in [0.5, 0.6) is 0 Å². The molecule has 0 saturated heterocycles. The second-order valence-electron chi connectivity index (χ2n) is 3.52. The molecule has 1 aliphatic rings. The van der Waals surface area contributed by atoms with Crippen molar-refractivity contribution >= 4 is 16.9 Å². The lowest BCUT2D eigenvalue weighted by Gasteiger charge is -2.15. The summed E-state index contributed by atoms with van der Waals surface area (Å²) >= 11 is 0. The van der Waals surface area contributed by atoms with Gasteiger partial charge in [0.15, 0.2) is 0 Å². The molecular formula is C13H14O2S. The van der Waals surface area contributed by atoms with Gasteiger partial charge in [0.25, 0.3) is 0 Å². The van der Waals surface area contributed by atoms with Gasteiger partial charge in [0.05, 0.1) is 16.6 Å². The topological polar surface area (TPSA) is 26.3 Å². The van der Waals surface area contributed by atoms with Gasteiger partial charge in [-0.15, -0.1) is 0 Å². The molecule has 0 saturated carbocycles. The minimum Gasteiger partial charge on any atom is -0.493 e. The van der Waals surface area contributed by atoms with Crippen LogP contribution in [0, 0.1) is 0 Å². The highest BCUT2D eigenvalue weighted by Gasteiger charge is 2.16. The lowest BCUT2D eigenvalue weighted by molar-refractivity contribution is 0.254. The molecule has 0 amide bonds. The highest BCUT2D eigenvalue weighted by molar-refractivity contribution is 7.85. The quantitative estimate of drug-likeness (QED) is 0.752. The number of ether oxygens (including phenoxy) is 1. The zero-order valence-electron chi connectivity index (χ0n) is 9.18. The number of rotatable bonds is 3. The molecule has 0 aromatic heterocycles. The molecule has 1 heterocycles. The van der Waals surface area contributed by atoms with Gasteiger partial charge in [0, 0.05) is 4.90 Å². The van der Waals surface area contributed by atoms with Gasteiger partial charge in [-0.3, -0.25) is 4.21 Å². The van der Waals surface area contributed by atoms with Gasteiger partial charge in [-0.2, -0.15) is 0 Å². The van der Waals surface area contributed by atoms with Crippen molar-refractivity contribution in [1.82, 2.24) is 0 Å². The first-order valence-electron chi connectivity index (χ1n) is 5.23. The van der Waals surface area contributed by atoms with Crippen molar-refractivity contribution in [3.05, 3.63) is 47.7 Å². The van der Waals surface area contributed by atoms with Crippen LogP contribution < -0.4 is 0 Å². The smallest absolute Gasteiger partial charge is 0.110 e. The van der Waals surface area contributed by atoms with Crippen LogP contribution in [0.3, 0.4) is 0 Å². The number of hydrogen-bond donors (Lipinski definition) is 0. The van der Waals surface area contributed by atoms with Gasteiger partial charge in [0.1, 0.15) is 12.4 Å². The van der Waals surface area contributed by atoms with Gasteiger partial charge in [-0.25, -0.2) is 0 Å². The molecule has 0 N–H and O–H groups in total. The Morgan fingerprint density at radius 2 is 2.25 bits per heavy atom. The summed E-state index contributed by atoms with van der Waals surface area (Å²) in [6.07, 6.45) is 5.85. The van der Waals surface area contributed by atoms with Gasteiger partial charge in [0.2, 0.25) is 0 Å². The molecule has 16 heavy (non-hydrogen) atoms. The Kier molecular flexibility index (Phi) is 3.57. The normalized spacial score (nSPS) is 19.3. The van der Waals surface area contributed by atoms with Crippen molar-refractivity contribution < 1.29 is 8.95 Å². The molecule has 3 heteroatoms. The standard InChI is InChI=1S/C13H14O2S/c1-2-3-8-15-12-9-11-6-4-5-7-13(11)16(14)10-12/h2-7,9H,8,10H2,1H3/b3-2+. The molecule has 84 valence electrons. The van der Waals surface area contributed by atoms with Crippen LogP contribution in [0.2, 0.25) is 0 Å². The summed E-state index contributed by atoms with van der Waals surface area (Å²) in [4.78, 5) is 0.904. The lowest BCUT2D eigenvalue weighted by Crippen LogP contribution is -2.10. The van der Waals surface area contributed by atoms with Crippen LogP contribution in [0.4, 0.5) is 0 Å². The second-order valence-corrected chi connectivity index (χ2v) is 4.94. The molecule has 0 bridgehead atoms. The van der Waals surface area contributed by atoms with Gasteiger partial charge in [-0.1, -0.05) is 30.4 Å². The van der Waals surface area contributed by atoms with E-state index >= 15 is 0 Å². The Hall–Kier alpha value is -1.35. The van der Waals surface area contributed by atoms with Crippen LogP contribution in [0.15, 0.2) is 47.1 Å². The predicted molar refractivity (Wildman–Crippen MR) is 66.5 cm³/mol. The first kappa shape index (κ1) is 11.1. The van der Waals surface area contributed by atoms with Crippen LogP contribution in [-0.2, 0) is 15.5 Å². The van der Waals surface area contributed by atoms with Gasteiger partial charge in [-0.05, 0) is 24.6 Å². The Morgan fingerprint density at radius 1 is 1.44 bits per heavy atom. The van der Waals surface area contributed by atoms with Crippen molar-refractivity contribution in [3.8, 4) is 0 Å². The summed E-state index contributed by atoms with van der Waals surface area (Å²) in [7, 11) is -0.968. The van der Waals surface area contributed by atoms with E-state index in [0.29, 0.717) is 12.4 Å². The fraction of sp³-hybridized carbons (Fsp3) is 0.231. The molecule has 1 atom stereocenters. The third-order valence-electron chi connectivity index (χ3n) is 2.35. The van der Waals surface area contributed by atoms with E-state index in [2.05, 4.69) is 0 Å². The van der Waals surface area contributed by atoms with E-state index in [9.17, 15) is 4.21 Å². The van der Waals surface area contributed by atoms with E-state index in [4.69, 9.17) is 4.74 Å². The zero-order valence-corrected chi connectivity index (χ0v) is 10.00. The maximum absolute atomic E-state index is 11.9. The first-order valence-corrected chi connectivity index (χ1v) is 6.55. The second kappa shape index (κ2) is 5.12. The molecule has 1 aliphatic heterocycles. The van der Waals surface area contributed by atoms with E-state index in [1.165, 1.54) is 0 Å². The Bertz CT molecular complexity index is 461. The molecule has 1 aromatic rings. The van der Waals surface area contributed by atoms with E-state index in [1.807, 2.05) is 49.4 Å². The van der Waals surface area contributed by atoms with Crippen LogP contribution in [-0.4, -0.2) is 16.6 Å². The van der Waals surface area contributed by atoms with Crippen molar-refractivity contribution in [2.45, 2.75) is 11.8 Å². The summed E-state index contributed by atoms with van der Waals surface area (Å²) < 4.78 is 17.4. The molecule has 0 aliphatic carbocycles. The molecule has 0 fully saturated rings. The van der Waals surface area contributed by atoms with Crippen LogP contribution in [0.1, 0.15) is 12.5 Å².